The minimum atomic E-state index is -0.866. The zero-order chi connectivity index (χ0) is 13.5. The fraction of sp³-hybridized carbons (Fsp3) is 0.417. The third kappa shape index (κ3) is 4.29. The van der Waals surface area contributed by atoms with Gasteiger partial charge in [0, 0.05) is 11.0 Å². The Morgan fingerprint density at radius 2 is 2.33 bits per heavy atom. The van der Waals surface area contributed by atoms with E-state index < -0.39 is 6.04 Å². The first-order valence-corrected chi connectivity index (χ1v) is 6.34. The van der Waals surface area contributed by atoms with E-state index in [1.807, 2.05) is 18.2 Å². The van der Waals surface area contributed by atoms with Gasteiger partial charge in [0.25, 0.3) is 0 Å². The predicted octanol–water partition coefficient (Wildman–Crippen LogP) is 0.436. The molecule has 1 unspecified atom stereocenters. The van der Waals surface area contributed by atoms with Gasteiger partial charge in [-0.05, 0) is 30.2 Å². The summed E-state index contributed by atoms with van der Waals surface area (Å²) in [6.07, 6.45) is 0.631. The molecular weight excluding hydrogens is 300 g/mol. The van der Waals surface area contributed by atoms with Crippen molar-refractivity contribution in [2.45, 2.75) is 12.5 Å². The number of aliphatic hydroxyl groups excluding tert-OH is 1. The van der Waals surface area contributed by atoms with Crippen molar-refractivity contribution in [3.8, 4) is 5.75 Å². The van der Waals surface area contributed by atoms with Crippen LogP contribution in [0.1, 0.15) is 5.56 Å². The molecule has 0 heterocycles. The normalized spacial score (nSPS) is 12.0. The lowest BCUT2D eigenvalue weighted by Crippen LogP contribution is -2.43. The van der Waals surface area contributed by atoms with E-state index in [4.69, 9.17) is 15.6 Å². The van der Waals surface area contributed by atoms with Crippen LogP contribution in [-0.2, 0) is 11.2 Å². The molecule has 0 aliphatic rings. The number of aliphatic hydroxyl groups is 1. The molecule has 1 atom stereocenters. The molecule has 0 bridgehead atoms. The van der Waals surface area contributed by atoms with Crippen LogP contribution in [0.15, 0.2) is 22.7 Å². The van der Waals surface area contributed by atoms with E-state index in [1.54, 1.807) is 7.11 Å². The second kappa shape index (κ2) is 7.35. The van der Waals surface area contributed by atoms with Gasteiger partial charge in [-0.25, -0.2) is 0 Å². The lowest BCUT2D eigenvalue weighted by atomic mass is 10.1. The summed E-state index contributed by atoms with van der Waals surface area (Å²) in [5, 5.41) is 11.4. The molecule has 0 spiro atoms. The topological polar surface area (TPSA) is 84.6 Å². The Balaban J connectivity index is 2.53. The second-order valence-corrected chi connectivity index (χ2v) is 4.70. The van der Waals surface area contributed by atoms with Crippen molar-refractivity contribution in [3.63, 3.8) is 0 Å². The van der Waals surface area contributed by atoms with E-state index in [9.17, 15) is 4.79 Å². The maximum atomic E-state index is 11.3. The minimum absolute atomic E-state index is 0.355. The van der Waals surface area contributed by atoms with Crippen LogP contribution in [0.3, 0.4) is 0 Å². The molecule has 0 fully saturated rings. The number of carbonyl (C=O) groups is 1. The molecule has 100 valence electrons. The summed E-state index contributed by atoms with van der Waals surface area (Å²) in [5.41, 5.74) is 6.37. The molecule has 5 nitrogen and oxygen atoms in total. The van der Waals surface area contributed by atoms with Crippen LogP contribution in [0.25, 0.3) is 0 Å². The monoisotopic (exact) mass is 316 g/mol. The summed E-state index contributed by atoms with van der Waals surface area (Å²) in [6, 6.07) is 4.83. The molecule has 1 amide bonds. The maximum Gasteiger partial charge on any atom is 0.239 e. The van der Waals surface area contributed by atoms with Crippen LogP contribution in [-0.4, -0.2) is 37.3 Å². The smallest absolute Gasteiger partial charge is 0.239 e. The number of nitrogens with two attached hydrogens (primary N) is 1. The van der Waals surface area contributed by atoms with Gasteiger partial charge in [0.1, 0.15) is 11.8 Å². The molecule has 1 aromatic carbocycles. The lowest BCUT2D eigenvalue weighted by molar-refractivity contribution is -0.123. The Hall–Kier alpha value is -1.11. The largest absolute Gasteiger partial charge is 0.496 e. The number of amides is 1. The molecule has 6 heteroatoms. The molecule has 0 aliphatic carbocycles. The zero-order valence-corrected chi connectivity index (χ0v) is 11.7. The van der Waals surface area contributed by atoms with E-state index in [0.29, 0.717) is 13.0 Å². The first kappa shape index (κ1) is 14.9. The van der Waals surface area contributed by atoms with E-state index in [0.717, 1.165) is 15.8 Å². The van der Waals surface area contributed by atoms with Crippen molar-refractivity contribution >= 4 is 21.8 Å². The molecule has 1 aromatic rings. The van der Waals surface area contributed by atoms with Gasteiger partial charge < -0.3 is 20.9 Å². The summed E-state index contributed by atoms with van der Waals surface area (Å²) in [7, 11) is 1.60. The van der Waals surface area contributed by atoms with Crippen molar-refractivity contribution in [1.82, 2.24) is 5.32 Å². The van der Waals surface area contributed by atoms with E-state index >= 15 is 0 Å². The molecule has 18 heavy (non-hydrogen) atoms. The number of rotatable bonds is 6. The highest BCUT2D eigenvalue weighted by atomic mass is 79.9. The number of benzene rings is 1. The van der Waals surface area contributed by atoms with E-state index in [2.05, 4.69) is 21.2 Å². The molecule has 0 saturated heterocycles. The van der Waals surface area contributed by atoms with Crippen molar-refractivity contribution in [3.05, 3.63) is 28.2 Å². The summed E-state index contributed by atoms with van der Waals surface area (Å²) < 4.78 is 6.18. The molecule has 0 aliphatic heterocycles. The Morgan fingerprint density at radius 3 is 2.94 bits per heavy atom. The molecule has 0 radical (unpaired) electrons. The Labute approximate surface area is 114 Å². The number of hydrogen-bond acceptors (Lipinski definition) is 4. The van der Waals surface area contributed by atoms with Crippen LogP contribution >= 0.6 is 15.9 Å². The van der Waals surface area contributed by atoms with Gasteiger partial charge in [-0.1, -0.05) is 15.9 Å². The van der Waals surface area contributed by atoms with Gasteiger partial charge in [-0.3, -0.25) is 4.79 Å². The zero-order valence-electron chi connectivity index (χ0n) is 10.1. The summed E-state index contributed by atoms with van der Waals surface area (Å²) in [6.45, 7) is 0.0887. The quantitative estimate of drug-likeness (QED) is 0.711. The molecule has 0 saturated carbocycles. The molecule has 0 aromatic heterocycles. The Kier molecular flexibility index (Phi) is 6.11. The highest BCUT2D eigenvalue weighted by Gasteiger charge is 2.11. The lowest BCUT2D eigenvalue weighted by Gasteiger charge is -2.11. The summed E-state index contributed by atoms with van der Waals surface area (Å²) in [5.74, 6) is 0.422. The second-order valence-electron chi connectivity index (χ2n) is 3.79. The van der Waals surface area contributed by atoms with E-state index in [1.165, 1.54) is 0 Å². The maximum absolute atomic E-state index is 11.3. The van der Waals surface area contributed by atoms with Gasteiger partial charge in [0.15, 0.2) is 0 Å². The first-order chi connectivity index (χ1) is 8.58. The number of carbonyl (C=O) groups excluding carboxylic acids is 1. The van der Waals surface area contributed by atoms with Crippen LogP contribution in [0.4, 0.5) is 0 Å². The summed E-state index contributed by atoms with van der Waals surface area (Å²) in [4.78, 5) is 11.3. The summed E-state index contributed by atoms with van der Waals surface area (Å²) >= 11 is 3.38. The van der Waals surface area contributed by atoms with Gasteiger partial charge in [-0.15, -0.1) is 0 Å². The SMILES string of the molecule is COc1ccc(Br)cc1CCNC(=O)C(N)CO. The van der Waals surface area contributed by atoms with Crippen LogP contribution in [0, 0.1) is 0 Å². The highest BCUT2D eigenvalue weighted by molar-refractivity contribution is 9.10. The number of hydrogen-bond donors (Lipinski definition) is 3. The average Bonchev–Trinajstić information content (AvgIpc) is 2.38. The number of nitrogens with one attached hydrogen (secondary N) is 1. The van der Waals surface area contributed by atoms with Crippen molar-refractivity contribution in [2.75, 3.05) is 20.3 Å². The Bertz CT molecular complexity index is 412. The van der Waals surface area contributed by atoms with Gasteiger partial charge in [0.2, 0.25) is 5.91 Å². The van der Waals surface area contributed by atoms with Crippen LogP contribution in [0.2, 0.25) is 0 Å². The predicted molar refractivity (Wildman–Crippen MR) is 72.5 cm³/mol. The minimum Gasteiger partial charge on any atom is -0.496 e. The van der Waals surface area contributed by atoms with Gasteiger partial charge >= 0.3 is 0 Å². The number of halogens is 1. The molecule has 4 N–H and O–H groups in total. The third-order valence-corrected chi connectivity index (χ3v) is 2.96. The number of ether oxygens (including phenoxy) is 1. The van der Waals surface area contributed by atoms with Crippen molar-refractivity contribution in [2.24, 2.45) is 5.73 Å². The number of methoxy groups -OCH3 is 1. The molecule has 1 rings (SSSR count). The standard InChI is InChI=1S/C12H17BrN2O3/c1-18-11-3-2-9(13)6-8(11)4-5-15-12(17)10(14)7-16/h2-3,6,10,16H,4-5,7,14H2,1H3,(H,15,17). The third-order valence-electron chi connectivity index (χ3n) is 2.47. The van der Waals surface area contributed by atoms with Crippen LogP contribution < -0.4 is 15.8 Å². The average molecular weight is 317 g/mol. The highest BCUT2D eigenvalue weighted by Crippen LogP contribution is 2.23. The van der Waals surface area contributed by atoms with Crippen molar-refractivity contribution < 1.29 is 14.6 Å². The van der Waals surface area contributed by atoms with Gasteiger partial charge in [0.05, 0.1) is 13.7 Å². The van der Waals surface area contributed by atoms with Crippen molar-refractivity contribution in [1.29, 1.82) is 0 Å². The first-order valence-electron chi connectivity index (χ1n) is 5.55. The van der Waals surface area contributed by atoms with E-state index in [-0.39, 0.29) is 12.5 Å². The van der Waals surface area contributed by atoms with Gasteiger partial charge in [-0.2, -0.15) is 0 Å². The fourth-order valence-electron chi connectivity index (χ4n) is 1.48. The van der Waals surface area contributed by atoms with Crippen LogP contribution in [0.5, 0.6) is 5.75 Å². The fourth-order valence-corrected chi connectivity index (χ4v) is 1.89. The molecular formula is C12H17BrN2O3. The Morgan fingerprint density at radius 1 is 1.61 bits per heavy atom.